The quantitative estimate of drug-likeness (QED) is 0.470. The minimum absolute atomic E-state index is 0.00120. The third-order valence-corrected chi connectivity index (χ3v) is 9.76. The number of halogens is 1. The van der Waals surface area contributed by atoms with Gasteiger partial charge in [0.05, 0.1) is 28.7 Å². The molecule has 3 aliphatic heterocycles. The van der Waals surface area contributed by atoms with Crippen LogP contribution in [0.3, 0.4) is 0 Å². The van der Waals surface area contributed by atoms with E-state index in [4.69, 9.17) is 15.8 Å². The predicted molar refractivity (Wildman–Crippen MR) is 156 cm³/mol. The van der Waals surface area contributed by atoms with Gasteiger partial charge in [0.1, 0.15) is 17.5 Å². The highest BCUT2D eigenvalue weighted by Gasteiger charge is 2.33. The van der Waals surface area contributed by atoms with E-state index < -0.39 is 21.7 Å². The van der Waals surface area contributed by atoms with Gasteiger partial charge in [-0.1, -0.05) is 0 Å². The standard InChI is InChI=1S/C28H37FN8O3S/c1-2-34-11-5-15-41(39,40)33-22-8-7-19(29)16-21(22)28(38)36-12-4-3-6-24(36)23-17-26-31-25(18-27(34)37(26)32-23)35-13-9-20(30)10-14-35/h7-8,16-18,20,24,33H,2-6,9-15,30H2,1H3/t24-/m0/s1. The second-order valence-electron chi connectivity index (χ2n) is 11.2. The van der Waals surface area contributed by atoms with Crippen molar-refractivity contribution in [3.05, 3.63) is 47.4 Å². The zero-order valence-electron chi connectivity index (χ0n) is 23.3. The number of carbonyl (C=O) groups is 1. The van der Waals surface area contributed by atoms with Gasteiger partial charge in [0, 0.05) is 50.9 Å². The Morgan fingerprint density at radius 1 is 1.05 bits per heavy atom. The minimum Gasteiger partial charge on any atom is -0.357 e. The van der Waals surface area contributed by atoms with E-state index >= 15 is 0 Å². The third-order valence-electron chi connectivity index (χ3n) is 8.41. The Labute approximate surface area is 239 Å². The molecule has 2 fully saturated rings. The average molecular weight is 585 g/mol. The first-order valence-corrected chi connectivity index (χ1v) is 16.1. The topological polar surface area (TPSA) is 129 Å². The fourth-order valence-electron chi connectivity index (χ4n) is 6.16. The molecule has 0 unspecified atom stereocenters. The third kappa shape index (κ3) is 5.56. The fraction of sp³-hybridized carbons (Fsp3) is 0.536. The van der Waals surface area contributed by atoms with Gasteiger partial charge in [-0.25, -0.2) is 17.8 Å². The molecule has 41 heavy (non-hydrogen) atoms. The predicted octanol–water partition coefficient (Wildman–Crippen LogP) is 3.14. The van der Waals surface area contributed by atoms with E-state index in [0.717, 1.165) is 62.5 Å². The molecule has 1 atom stereocenters. The van der Waals surface area contributed by atoms with Gasteiger partial charge < -0.3 is 20.4 Å². The summed E-state index contributed by atoms with van der Waals surface area (Å²) in [7, 11) is -3.80. The summed E-state index contributed by atoms with van der Waals surface area (Å²) in [5, 5.41) is 4.99. The summed E-state index contributed by atoms with van der Waals surface area (Å²) in [5.41, 5.74) is 7.63. The summed E-state index contributed by atoms with van der Waals surface area (Å²) in [5.74, 6) is 0.478. The number of carbonyl (C=O) groups excluding carboxylic acids is 1. The highest BCUT2D eigenvalue weighted by atomic mass is 32.2. The van der Waals surface area contributed by atoms with Crippen molar-refractivity contribution in [2.75, 3.05) is 53.0 Å². The molecule has 3 aromatic rings. The highest BCUT2D eigenvalue weighted by molar-refractivity contribution is 7.92. The summed E-state index contributed by atoms with van der Waals surface area (Å²) in [6.07, 6.45) is 4.50. The van der Waals surface area contributed by atoms with Crippen molar-refractivity contribution in [1.82, 2.24) is 19.5 Å². The molecule has 5 heterocycles. The maximum Gasteiger partial charge on any atom is 0.256 e. The normalized spacial score (nSPS) is 22.2. The molecule has 3 aliphatic rings. The lowest BCUT2D eigenvalue weighted by Gasteiger charge is -2.35. The van der Waals surface area contributed by atoms with E-state index in [-0.39, 0.29) is 29.1 Å². The fourth-order valence-corrected chi connectivity index (χ4v) is 7.28. The largest absolute Gasteiger partial charge is 0.357 e. The summed E-state index contributed by atoms with van der Waals surface area (Å²) in [4.78, 5) is 25.0. The van der Waals surface area contributed by atoms with Crippen LogP contribution in [0.2, 0.25) is 0 Å². The number of piperidine rings is 2. The Morgan fingerprint density at radius 3 is 2.63 bits per heavy atom. The van der Waals surface area contributed by atoms with Gasteiger partial charge in [-0.05, 0) is 63.6 Å². The van der Waals surface area contributed by atoms with E-state index in [2.05, 4.69) is 14.5 Å². The molecule has 0 spiro atoms. The summed E-state index contributed by atoms with van der Waals surface area (Å²) < 4.78 is 45.0. The number of sulfonamides is 1. The molecule has 0 saturated carbocycles. The van der Waals surface area contributed by atoms with E-state index in [1.807, 2.05) is 23.6 Å². The van der Waals surface area contributed by atoms with Crippen LogP contribution in [0.25, 0.3) is 5.65 Å². The monoisotopic (exact) mass is 584 g/mol. The van der Waals surface area contributed by atoms with Gasteiger partial charge in [0.25, 0.3) is 5.91 Å². The first kappa shape index (κ1) is 27.7. The zero-order chi connectivity index (χ0) is 28.7. The first-order valence-electron chi connectivity index (χ1n) is 14.5. The molecule has 0 aliphatic carbocycles. The average Bonchev–Trinajstić information content (AvgIpc) is 3.40. The Balaban J connectivity index is 1.49. The number of nitrogens with two attached hydrogens (primary N) is 1. The van der Waals surface area contributed by atoms with Gasteiger partial charge in [-0.15, -0.1) is 0 Å². The lowest BCUT2D eigenvalue weighted by Crippen LogP contribution is -2.40. The Kier molecular flexibility index (Phi) is 7.49. The number of nitrogens with zero attached hydrogens (tertiary/aromatic N) is 6. The molecule has 0 radical (unpaired) electrons. The molecule has 1 amide bonds. The number of amides is 1. The van der Waals surface area contributed by atoms with Gasteiger partial charge in [-0.3, -0.25) is 9.52 Å². The summed E-state index contributed by atoms with van der Waals surface area (Å²) in [6.45, 7) is 5.22. The van der Waals surface area contributed by atoms with Crippen LogP contribution in [0.5, 0.6) is 0 Å². The smallest absolute Gasteiger partial charge is 0.256 e. The Hall–Kier alpha value is -3.45. The van der Waals surface area contributed by atoms with Crippen molar-refractivity contribution in [3.8, 4) is 0 Å². The van der Waals surface area contributed by atoms with Crippen molar-refractivity contribution >= 4 is 38.9 Å². The van der Waals surface area contributed by atoms with Crippen molar-refractivity contribution in [2.24, 2.45) is 5.73 Å². The second kappa shape index (κ2) is 11.1. The van der Waals surface area contributed by atoms with Gasteiger partial charge >= 0.3 is 0 Å². The number of benzene rings is 1. The molecule has 3 N–H and O–H groups in total. The Bertz CT molecular complexity index is 1550. The maximum absolute atomic E-state index is 14.4. The molecule has 220 valence electrons. The summed E-state index contributed by atoms with van der Waals surface area (Å²) in [6, 6.07) is 7.41. The molecule has 13 heteroatoms. The SMILES string of the molecule is CCN1CCCS(=O)(=O)Nc2ccc(F)cc2C(=O)N2CCCC[C@H]2c2cc3nc(N4CCC(N)CC4)cc1n3n2. The van der Waals surface area contributed by atoms with E-state index in [1.165, 1.54) is 6.07 Å². The molecule has 2 saturated heterocycles. The van der Waals surface area contributed by atoms with Crippen LogP contribution in [-0.4, -0.2) is 78.3 Å². The van der Waals surface area contributed by atoms with Gasteiger partial charge in [0.2, 0.25) is 10.0 Å². The number of nitrogens with one attached hydrogen (secondary N) is 1. The van der Waals surface area contributed by atoms with Crippen LogP contribution in [0.15, 0.2) is 30.3 Å². The van der Waals surface area contributed by atoms with Gasteiger partial charge in [0.15, 0.2) is 5.65 Å². The van der Waals surface area contributed by atoms with Crippen LogP contribution in [0.1, 0.15) is 67.5 Å². The molecular formula is C28H37FN8O3S. The number of hydrogen-bond donors (Lipinski definition) is 2. The maximum atomic E-state index is 14.4. The van der Waals surface area contributed by atoms with Crippen LogP contribution < -0.4 is 20.3 Å². The number of anilines is 3. The molecule has 11 nitrogen and oxygen atoms in total. The summed E-state index contributed by atoms with van der Waals surface area (Å²) >= 11 is 0. The highest BCUT2D eigenvalue weighted by Crippen LogP contribution is 2.35. The van der Waals surface area contributed by atoms with E-state index in [9.17, 15) is 17.6 Å². The lowest BCUT2D eigenvalue weighted by atomic mass is 9.98. The second-order valence-corrected chi connectivity index (χ2v) is 13.0. The molecule has 2 aromatic heterocycles. The number of fused-ring (bicyclic) bond motifs is 4. The lowest BCUT2D eigenvalue weighted by molar-refractivity contribution is 0.0606. The molecule has 2 bridgehead atoms. The molecule has 6 rings (SSSR count). The number of aromatic nitrogens is 3. The first-order chi connectivity index (χ1) is 19.7. The van der Waals surface area contributed by atoms with Crippen LogP contribution in [0, 0.1) is 5.82 Å². The van der Waals surface area contributed by atoms with Crippen molar-refractivity contribution in [2.45, 2.75) is 57.5 Å². The Morgan fingerprint density at radius 2 is 1.85 bits per heavy atom. The van der Waals surface area contributed by atoms with Crippen molar-refractivity contribution in [3.63, 3.8) is 0 Å². The van der Waals surface area contributed by atoms with Crippen LogP contribution in [0.4, 0.5) is 21.7 Å². The van der Waals surface area contributed by atoms with E-state index in [0.29, 0.717) is 43.8 Å². The number of hydrogen-bond acceptors (Lipinski definition) is 8. The van der Waals surface area contributed by atoms with Crippen LogP contribution in [-0.2, 0) is 10.0 Å². The van der Waals surface area contributed by atoms with Gasteiger partial charge in [-0.2, -0.15) is 9.61 Å². The zero-order valence-corrected chi connectivity index (χ0v) is 24.1. The van der Waals surface area contributed by atoms with E-state index in [1.54, 1.807) is 4.90 Å². The minimum atomic E-state index is -3.80. The van der Waals surface area contributed by atoms with Crippen molar-refractivity contribution in [1.29, 1.82) is 0 Å². The molecular weight excluding hydrogens is 547 g/mol. The van der Waals surface area contributed by atoms with Crippen molar-refractivity contribution < 1.29 is 17.6 Å². The molecule has 1 aromatic carbocycles. The number of rotatable bonds is 2. The van der Waals surface area contributed by atoms with Crippen LogP contribution >= 0.6 is 0 Å².